The molecule has 1 fully saturated rings. The lowest BCUT2D eigenvalue weighted by Crippen LogP contribution is -2.41. The van der Waals surface area contributed by atoms with Gasteiger partial charge in [-0.3, -0.25) is 9.78 Å². The summed E-state index contributed by atoms with van der Waals surface area (Å²) >= 11 is 0. The molecule has 0 spiro atoms. The summed E-state index contributed by atoms with van der Waals surface area (Å²) in [5, 5.41) is 14.3. The van der Waals surface area contributed by atoms with E-state index in [1.807, 2.05) is 48.7 Å². The number of carbonyl (C=O) groups excluding carboxylic acids is 1. The number of para-hydroxylation sites is 1. The Bertz CT molecular complexity index is 1060. The predicted molar refractivity (Wildman–Crippen MR) is 108 cm³/mol. The van der Waals surface area contributed by atoms with Gasteiger partial charge in [-0.2, -0.15) is 10.4 Å². The van der Waals surface area contributed by atoms with E-state index < -0.39 is 0 Å². The Balaban J connectivity index is 1.76. The quantitative estimate of drug-likeness (QED) is 0.509. The van der Waals surface area contributed by atoms with E-state index in [2.05, 4.69) is 11.1 Å². The van der Waals surface area contributed by atoms with Gasteiger partial charge in [0, 0.05) is 42.8 Å². The van der Waals surface area contributed by atoms with Crippen molar-refractivity contribution in [1.82, 2.24) is 19.7 Å². The third-order valence-electron chi connectivity index (χ3n) is 4.67. The zero-order valence-corrected chi connectivity index (χ0v) is 15.7. The number of pyridine rings is 1. The zero-order chi connectivity index (χ0) is 20.1. The van der Waals surface area contributed by atoms with Gasteiger partial charge in [0.05, 0.1) is 18.9 Å². The summed E-state index contributed by atoms with van der Waals surface area (Å²) < 4.78 is 7.04. The van der Waals surface area contributed by atoms with Gasteiger partial charge < -0.3 is 9.64 Å². The number of benzene rings is 1. The van der Waals surface area contributed by atoms with Gasteiger partial charge in [0.1, 0.15) is 17.3 Å². The molecule has 1 aliphatic heterocycles. The van der Waals surface area contributed by atoms with E-state index in [-0.39, 0.29) is 11.5 Å². The summed E-state index contributed by atoms with van der Waals surface area (Å²) in [6.45, 7) is 1.94. The first kappa shape index (κ1) is 18.6. The lowest BCUT2D eigenvalue weighted by Gasteiger charge is -2.26. The number of ether oxygens (including phenoxy) is 1. The molecule has 4 rings (SSSR count). The molecule has 0 N–H and O–H groups in total. The van der Waals surface area contributed by atoms with Crippen LogP contribution in [0.25, 0.3) is 23.0 Å². The van der Waals surface area contributed by atoms with E-state index in [0.717, 1.165) is 11.3 Å². The molecule has 1 aromatic carbocycles. The van der Waals surface area contributed by atoms with E-state index in [9.17, 15) is 10.1 Å². The third-order valence-corrected chi connectivity index (χ3v) is 4.67. The van der Waals surface area contributed by atoms with Crippen molar-refractivity contribution in [3.63, 3.8) is 0 Å². The van der Waals surface area contributed by atoms with Crippen LogP contribution >= 0.6 is 0 Å². The molecule has 0 aliphatic carbocycles. The Morgan fingerprint density at radius 3 is 2.52 bits per heavy atom. The number of aromatic nitrogens is 3. The number of carbonyl (C=O) groups is 1. The van der Waals surface area contributed by atoms with Crippen molar-refractivity contribution in [2.45, 2.75) is 0 Å². The monoisotopic (exact) mass is 385 g/mol. The van der Waals surface area contributed by atoms with Gasteiger partial charge in [0.2, 0.25) is 0 Å². The first-order valence-corrected chi connectivity index (χ1v) is 9.30. The number of hydrogen-bond acceptors (Lipinski definition) is 5. The number of nitriles is 1. The van der Waals surface area contributed by atoms with E-state index in [0.29, 0.717) is 37.6 Å². The van der Waals surface area contributed by atoms with Crippen molar-refractivity contribution in [2.75, 3.05) is 26.3 Å². The van der Waals surface area contributed by atoms with Gasteiger partial charge in [0.15, 0.2) is 0 Å². The third kappa shape index (κ3) is 4.08. The predicted octanol–water partition coefficient (Wildman–Crippen LogP) is 2.70. The molecule has 1 aliphatic rings. The molecule has 0 saturated carbocycles. The Morgan fingerprint density at radius 1 is 1.10 bits per heavy atom. The highest BCUT2D eigenvalue weighted by Gasteiger charge is 2.22. The fraction of sp³-hybridized carbons (Fsp3) is 0.182. The second-order valence-corrected chi connectivity index (χ2v) is 6.52. The normalized spacial score (nSPS) is 14.4. The summed E-state index contributed by atoms with van der Waals surface area (Å²) in [6, 6.07) is 15.5. The second-order valence-electron chi connectivity index (χ2n) is 6.52. The van der Waals surface area contributed by atoms with Crippen molar-refractivity contribution in [3.8, 4) is 23.0 Å². The maximum Gasteiger partial charge on any atom is 0.264 e. The molecule has 0 atom stereocenters. The lowest BCUT2D eigenvalue weighted by atomic mass is 10.1. The van der Waals surface area contributed by atoms with Crippen LogP contribution in [0.1, 0.15) is 5.56 Å². The van der Waals surface area contributed by atoms with E-state index in [1.54, 1.807) is 28.1 Å². The molecule has 3 aromatic rings. The van der Waals surface area contributed by atoms with Crippen LogP contribution in [0.4, 0.5) is 0 Å². The molecule has 7 heteroatoms. The maximum atomic E-state index is 12.8. The fourth-order valence-electron chi connectivity index (χ4n) is 3.17. The molecule has 3 heterocycles. The van der Waals surface area contributed by atoms with Crippen molar-refractivity contribution < 1.29 is 9.53 Å². The zero-order valence-electron chi connectivity index (χ0n) is 15.7. The number of nitrogens with zero attached hydrogens (tertiary/aromatic N) is 5. The Labute approximate surface area is 168 Å². The Morgan fingerprint density at radius 2 is 1.83 bits per heavy atom. The molecular formula is C22H19N5O2. The SMILES string of the molecule is N#C/C(=C\c1cn(-c2ccccc2)nc1-c1ccncc1)C(=O)N1CCOCC1. The van der Waals surface area contributed by atoms with Crippen LogP contribution in [0.2, 0.25) is 0 Å². The standard InChI is InChI=1S/C22H19N5O2/c23-15-18(22(28)26-10-12-29-13-11-26)14-19-16-27(20-4-2-1-3-5-20)25-21(19)17-6-8-24-9-7-17/h1-9,14,16H,10-13H2/b18-14+. The van der Waals surface area contributed by atoms with Gasteiger partial charge in [-0.05, 0) is 30.3 Å². The van der Waals surface area contributed by atoms with Crippen LogP contribution in [0.3, 0.4) is 0 Å². The van der Waals surface area contributed by atoms with Crippen LogP contribution in [0.5, 0.6) is 0 Å². The maximum absolute atomic E-state index is 12.8. The van der Waals surface area contributed by atoms with Crippen molar-refractivity contribution in [1.29, 1.82) is 5.26 Å². The van der Waals surface area contributed by atoms with Crippen molar-refractivity contribution in [2.24, 2.45) is 0 Å². The van der Waals surface area contributed by atoms with E-state index >= 15 is 0 Å². The molecular weight excluding hydrogens is 366 g/mol. The summed E-state index contributed by atoms with van der Waals surface area (Å²) in [5.41, 5.74) is 3.20. The Hall–Kier alpha value is -3.76. The Kier molecular flexibility index (Phi) is 5.45. The summed E-state index contributed by atoms with van der Waals surface area (Å²) in [7, 11) is 0. The fourth-order valence-corrected chi connectivity index (χ4v) is 3.17. The van der Waals surface area contributed by atoms with Crippen LogP contribution in [-0.2, 0) is 9.53 Å². The molecule has 0 unspecified atom stereocenters. The largest absolute Gasteiger partial charge is 0.378 e. The van der Waals surface area contributed by atoms with E-state index in [1.165, 1.54) is 0 Å². The minimum atomic E-state index is -0.288. The van der Waals surface area contributed by atoms with Gasteiger partial charge in [-0.1, -0.05) is 18.2 Å². The summed E-state index contributed by atoms with van der Waals surface area (Å²) in [6.07, 6.45) is 6.82. The minimum absolute atomic E-state index is 0.0785. The van der Waals surface area contributed by atoms with Crippen molar-refractivity contribution >= 4 is 12.0 Å². The van der Waals surface area contributed by atoms with Crippen LogP contribution in [0.15, 0.2) is 66.6 Å². The number of amides is 1. The van der Waals surface area contributed by atoms with Crippen LogP contribution in [0, 0.1) is 11.3 Å². The first-order chi connectivity index (χ1) is 14.3. The molecule has 1 amide bonds. The highest BCUT2D eigenvalue weighted by Crippen LogP contribution is 2.25. The molecule has 2 aromatic heterocycles. The van der Waals surface area contributed by atoms with Gasteiger partial charge >= 0.3 is 0 Å². The van der Waals surface area contributed by atoms with Crippen molar-refractivity contribution in [3.05, 3.63) is 72.2 Å². The number of rotatable bonds is 4. The highest BCUT2D eigenvalue weighted by molar-refractivity contribution is 6.02. The van der Waals surface area contributed by atoms with Crippen LogP contribution < -0.4 is 0 Å². The lowest BCUT2D eigenvalue weighted by molar-refractivity contribution is -0.130. The van der Waals surface area contributed by atoms with Gasteiger partial charge in [0.25, 0.3) is 5.91 Å². The summed E-state index contributed by atoms with van der Waals surface area (Å²) in [5.74, 6) is -0.288. The highest BCUT2D eigenvalue weighted by atomic mass is 16.5. The molecule has 1 saturated heterocycles. The first-order valence-electron chi connectivity index (χ1n) is 9.30. The second kappa shape index (κ2) is 8.50. The molecule has 144 valence electrons. The van der Waals surface area contributed by atoms with Gasteiger partial charge in [-0.25, -0.2) is 4.68 Å². The van der Waals surface area contributed by atoms with E-state index in [4.69, 9.17) is 9.84 Å². The average Bonchev–Trinajstić information content (AvgIpc) is 3.23. The molecule has 29 heavy (non-hydrogen) atoms. The van der Waals surface area contributed by atoms with Gasteiger partial charge in [-0.15, -0.1) is 0 Å². The smallest absolute Gasteiger partial charge is 0.264 e. The molecule has 0 radical (unpaired) electrons. The van der Waals surface area contributed by atoms with Crippen LogP contribution in [-0.4, -0.2) is 51.9 Å². The topological polar surface area (TPSA) is 84.0 Å². The summed E-state index contributed by atoms with van der Waals surface area (Å²) in [4.78, 5) is 18.5. The minimum Gasteiger partial charge on any atom is -0.378 e. The molecule has 0 bridgehead atoms. The average molecular weight is 385 g/mol. The number of morpholine rings is 1. The molecule has 7 nitrogen and oxygen atoms in total. The number of hydrogen-bond donors (Lipinski definition) is 0.